The molecule has 18 heavy (non-hydrogen) atoms. The lowest BCUT2D eigenvalue weighted by molar-refractivity contribution is 0.102. The standard InChI is InChI=1S/C12H12N4OS/c13-10-3-1-2-8(14-10)11(17)16-12-15-9(6-18-12)7-4-5-7/h1-3,6-7H,4-5H2,(H2,13,14)(H,15,16,17). The number of nitrogen functional groups attached to an aromatic ring is 1. The van der Waals surface area contributed by atoms with Gasteiger partial charge in [-0.2, -0.15) is 0 Å². The third-order valence-corrected chi connectivity index (χ3v) is 3.52. The molecule has 0 unspecified atom stereocenters. The van der Waals surface area contributed by atoms with Crippen LogP contribution in [0.3, 0.4) is 0 Å². The predicted molar refractivity (Wildman–Crippen MR) is 70.7 cm³/mol. The van der Waals surface area contributed by atoms with Crippen LogP contribution in [0.2, 0.25) is 0 Å². The Morgan fingerprint density at radius 1 is 1.39 bits per heavy atom. The quantitative estimate of drug-likeness (QED) is 0.886. The van der Waals surface area contributed by atoms with Crippen LogP contribution in [0.4, 0.5) is 10.9 Å². The van der Waals surface area contributed by atoms with Crippen molar-refractivity contribution in [2.75, 3.05) is 11.1 Å². The number of nitrogens with one attached hydrogen (secondary N) is 1. The minimum atomic E-state index is -0.279. The van der Waals surface area contributed by atoms with Crippen LogP contribution in [0.15, 0.2) is 23.6 Å². The summed E-state index contributed by atoms with van der Waals surface area (Å²) < 4.78 is 0. The molecule has 6 heteroatoms. The Kier molecular flexibility index (Phi) is 2.71. The molecule has 2 aromatic heterocycles. The Labute approximate surface area is 108 Å². The monoisotopic (exact) mass is 260 g/mol. The van der Waals surface area contributed by atoms with E-state index in [-0.39, 0.29) is 5.91 Å². The van der Waals surface area contributed by atoms with Gasteiger partial charge in [0.15, 0.2) is 5.13 Å². The van der Waals surface area contributed by atoms with E-state index in [1.54, 1.807) is 18.2 Å². The lowest BCUT2D eigenvalue weighted by atomic mass is 10.3. The number of anilines is 2. The fraction of sp³-hybridized carbons (Fsp3) is 0.250. The van der Waals surface area contributed by atoms with Crippen LogP contribution in [-0.2, 0) is 0 Å². The van der Waals surface area contributed by atoms with Crippen molar-refractivity contribution in [1.82, 2.24) is 9.97 Å². The number of carbonyl (C=O) groups excluding carboxylic acids is 1. The van der Waals surface area contributed by atoms with E-state index in [2.05, 4.69) is 15.3 Å². The van der Waals surface area contributed by atoms with E-state index in [4.69, 9.17) is 5.73 Å². The molecule has 3 rings (SSSR count). The van der Waals surface area contributed by atoms with Gasteiger partial charge in [-0.3, -0.25) is 10.1 Å². The summed E-state index contributed by atoms with van der Waals surface area (Å²) in [6.07, 6.45) is 2.40. The molecule has 0 bridgehead atoms. The minimum absolute atomic E-state index is 0.279. The number of nitrogens with two attached hydrogens (primary N) is 1. The maximum atomic E-state index is 11.9. The molecule has 1 fully saturated rings. The van der Waals surface area contributed by atoms with Crippen LogP contribution in [0.25, 0.3) is 0 Å². The molecule has 2 heterocycles. The second kappa shape index (κ2) is 4.38. The first-order valence-corrected chi connectivity index (χ1v) is 6.59. The Morgan fingerprint density at radius 2 is 2.22 bits per heavy atom. The number of hydrogen-bond donors (Lipinski definition) is 2. The fourth-order valence-corrected chi connectivity index (χ4v) is 2.44. The number of hydrogen-bond acceptors (Lipinski definition) is 5. The lowest BCUT2D eigenvalue weighted by Crippen LogP contribution is -2.14. The Bertz CT molecular complexity index is 591. The van der Waals surface area contributed by atoms with Gasteiger partial charge in [0.25, 0.3) is 5.91 Å². The average molecular weight is 260 g/mol. The molecule has 1 amide bonds. The number of pyridine rings is 1. The summed E-state index contributed by atoms with van der Waals surface area (Å²) in [6.45, 7) is 0. The molecule has 1 aliphatic rings. The van der Waals surface area contributed by atoms with Crippen molar-refractivity contribution >= 4 is 28.2 Å². The largest absolute Gasteiger partial charge is 0.384 e. The molecule has 0 radical (unpaired) electrons. The molecule has 5 nitrogen and oxygen atoms in total. The van der Waals surface area contributed by atoms with Crippen LogP contribution < -0.4 is 11.1 Å². The van der Waals surface area contributed by atoms with E-state index in [9.17, 15) is 4.79 Å². The van der Waals surface area contributed by atoms with Gasteiger partial charge in [0.05, 0.1) is 5.69 Å². The van der Waals surface area contributed by atoms with E-state index in [0.717, 1.165) is 5.69 Å². The van der Waals surface area contributed by atoms with E-state index in [0.29, 0.717) is 22.6 Å². The molecule has 0 spiro atoms. The summed E-state index contributed by atoms with van der Waals surface area (Å²) in [4.78, 5) is 20.3. The second-order valence-electron chi connectivity index (χ2n) is 4.25. The van der Waals surface area contributed by atoms with E-state index in [1.165, 1.54) is 24.2 Å². The smallest absolute Gasteiger partial charge is 0.276 e. The highest BCUT2D eigenvalue weighted by Crippen LogP contribution is 2.40. The molecule has 0 aliphatic heterocycles. The third-order valence-electron chi connectivity index (χ3n) is 2.74. The number of rotatable bonds is 3. The summed E-state index contributed by atoms with van der Waals surface area (Å²) >= 11 is 1.44. The van der Waals surface area contributed by atoms with Crippen molar-refractivity contribution in [3.05, 3.63) is 35.0 Å². The third kappa shape index (κ3) is 2.33. The SMILES string of the molecule is Nc1cccc(C(=O)Nc2nc(C3CC3)cs2)n1. The topological polar surface area (TPSA) is 80.9 Å². The van der Waals surface area contributed by atoms with Gasteiger partial charge in [0.2, 0.25) is 0 Å². The summed E-state index contributed by atoms with van der Waals surface area (Å²) in [6, 6.07) is 4.97. The first kappa shape index (κ1) is 11.2. The highest BCUT2D eigenvalue weighted by atomic mass is 32.1. The van der Waals surface area contributed by atoms with Gasteiger partial charge in [0, 0.05) is 11.3 Å². The molecular weight excluding hydrogens is 248 g/mol. The first-order valence-electron chi connectivity index (χ1n) is 5.71. The Balaban J connectivity index is 1.73. The van der Waals surface area contributed by atoms with Crippen molar-refractivity contribution in [3.63, 3.8) is 0 Å². The van der Waals surface area contributed by atoms with Crippen molar-refractivity contribution in [1.29, 1.82) is 0 Å². The van der Waals surface area contributed by atoms with E-state index >= 15 is 0 Å². The molecule has 1 saturated carbocycles. The number of aromatic nitrogens is 2. The number of thiazole rings is 1. The van der Waals surface area contributed by atoms with Gasteiger partial charge < -0.3 is 5.73 Å². The van der Waals surface area contributed by atoms with Crippen LogP contribution in [-0.4, -0.2) is 15.9 Å². The zero-order chi connectivity index (χ0) is 12.5. The first-order chi connectivity index (χ1) is 8.72. The molecule has 1 aliphatic carbocycles. The van der Waals surface area contributed by atoms with Crippen LogP contribution in [0.5, 0.6) is 0 Å². The van der Waals surface area contributed by atoms with Gasteiger partial charge in [-0.15, -0.1) is 11.3 Å². The molecule has 92 valence electrons. The molecule has 0 saturated heterocycles. The highest BCUT2D eigenvalue weighted by Gasteiger charge is 2.26. The normalized spacial score (nSPS) is 14.4. The maximum Gasteiger partial charge on any atom is 0.276 e. The predicted octanol–water partition coefficient (Wildman–Crippen LogP) is 2.25. The highest BCUT2D eigenvalue weighted by molar-refractivity contribution is 7.14. The molecule has 0 aromatic carbocycles. The van der Waals surface area contributed by atoms with Crippen LogP contribution in [0.1, 0.15) is 34.9 Å². The molecule has 0 atom stereocenters. The summed E-state index contributed by atoms with van der Waals surface area (Å²) in [5, 5.41) is 5.36. The molecular formula is C12H12N4OS. The Hall–Kier alpha value is -1.95. The van der Waals surface area contributed by atoms with Gasteiger partial charge in [-0.25, -0.2) is 9.97 Å². The molecule has 3 N–H and O–H groups in total. The van der Waals surface area contributed by atoms with E-state index < -0.39 is 0 Å². The van der Waals surface area contributed by atoms with Gasteiger partial charge in [0.1, 0.15) is 11.5 Å². The molecule has 2 aromatic rings. The van der Waals surface area contributed by atoms with Crippen molar-refractivity contribution < 1.29 is 4.79 Å². The Morgan fingerprint density at radius 3 is 2.94 bits per heavy atom. The zero-order valence-electron chi connectivity index (χ0n) is 9.59. The van der Waals surface area contributed by atoms with Crippen LogP contribution in [0, 0.1) is 0 Å². The summed E-state index contributed by atoms with van der Waals surface area (Å²) in [7, 11) is 0. The van der Waals surface area contributed by atoms with E-state index in [1.807, 2.05) is 5.38 Å². The van der Waals surface area contributed by atoms with Crippen molar-refractivity contribution in [3.8, 4) is 0 Å². The zero-order valence-corrected chi connectivity index (χ0v) is 10.4. The second-order valence-corrected chi connectivity index (χ2v) is 5.11. The van der Waals surface area contributed by atoms with Crippen molar-refractivity contribution in [2.24, 2.45) is 0 Å². The van der Waals surface area contributed by atoms with Crippen LogP contribution >= 0.6 is 11.3 Å². The van der Waals surface area contributed by atoms with Gasteiger partial charge in [-0.1, -0.05) is 6.07 Å². The van der Waals surface area contributed by atoms with Crippen molar-refractivity contribution in [2.45, 2.75) is 18.8 Å². The minimum Gasteiger partial charge on any atom is -0.384 e. The average Bonchev–Trinajstić information content (AvgIpc) is 3.11. The number of amides is 1. The summed E-state index contributed by atoms with van der Waals surface area (Å²) in [5.74, 6) is 0.650. The fourth-order valence-electron chi connectivity index (χ4n) is 1.65. The maximum absolute atomic E-state index is 11.9. The number of carbonyl (C=O) groups is 1. The summed E-state index contributed by atoms with van der Waals surface area (Å²) in [5.41, 5.74) is 6.92. The van der Waals surface area contributed by atoms with Gasteiger partial charge >= 0.3 is 0 Å². The van der Waals surface area contributed by atoms with Gasteiger partial charge in [-0.05, 0) is 25.0 Å². The lowest BCUT2D eigenvalue weighted by Gasteiger charge is -2.01. The number of nitrogens with zero attached hydrogens (tertiary/aromatic N) is 2.